The number of non-ortho nitro benzene ring substituents is 2. The molecule has 1 fully saturated rings. The van der Waals surface area contributed by atoms with Crippen LogP contribution in [-0.2, 0) is 9.09 Å². The molecule has 27 heavy (non-hydrogen) atoms. The van der Waals surface area contributed by atoms with Crippen molar-refractivity contribution in [2.45, 2.75) is 31.1 Å². The van der Waals surface area contributed by atoms with E-state index < -0.39 is 17.2 Å². The number of rotatable bonds is 6. The molecule has 142 valence electrons. The van der Waals surface area contributed by atoms with Gasteiger partial charge in [-0.2, -0.15) is 0 Å². The Kier molecular flexibility index (Phi) is 5.39. The fourth-order valence-corrected chi connectivity index (χ4v) is 7.05. The number of nitro groups is 2. The Morgan fingerprint density at radius 3 is 1.56 bits per heavy atom. The van der Waals surface area contributed by atoms with Crippen LogP contribution in [0.1, 0.15) is 42.2 Å². The average Bonchev–Trinajstić information content (AvgIpc) is 2.99. The van der Waals surface area contributed by atoms with Crippen LogP contribution in [0.15, 0.2) is 48.5 Å². The molecule has 1 saturated heterocycles. The summed E-state index contributed by atoms with van der Waals surface area (Å²) in [6.07, 6.45) is 1.24. The lowest BCUT2D eigenvalue weighted by molar-refractivity contribution is -0.385. The lowest BCUT2D eigenvalue weighted by Crippen LogP contribution is -2.03. The van der Waals surface area contributed by atoms with Gasteiger partial charge in [-0.3, -0.25) is 24.8 Å². The second kappa shape index (κ2) is 7.58. The van der Waals surface area contributed by atoms with Crippen LogP contribution < -0.4 is 0 Å². The van der Waals surface area contributed by atoms with Gasteiger partial charge in [-0.25, -0.2) is 0 Å². The minimum Gasteiger partial charge on any atom is -0.328 e. The van der Waals surface area contributed by atoms with Gasteiger partial charge >= 0.3 is 0 Å². The van der Waals surface area contributed by atoms with E-state index in [9.17, 15) is 24.8 Å². The number of benzene rings is 2. The van der Waals surface area contributed by atoms with Crippen molar-refractivity contribution in [3.63, 3.8) is 0 Å². The predicted molar refractivity (Wildman–Crippen MR) is 100 cm³/mol. The summed E-state index contributed by atoms with van der Waals surface area (Å²) in [4.78, 5) is 20.8. The van der Waals surface area contributed by atoms with Crippen molar-refractivity contribution in [1.82, 2.24) is 0 Å². The zero-order chi connectivity index (χ0) is 19.6. The number of nitrogens with zero attached hydrogens (tertiary/aromatic N) is 2. The summed E-state index contributed by atoms with van der Waals surface area (Å²) in [6.45, 7) is 2.06. The monoisotopic (exact) mass is 390 g/mol. The van der Waals surface area contributed by atoms with E-state index in [1.165, 1.54) is 24.3 Å². The van der Waals surface area contributed by atoms with Crippen molar-refractivity contribution >= 4 is 18.7 Å². The Balaban J connectivity index is 1.94. The SMILES string of the molecule is CCOP1(=O)[C@@H](c2ccc([N+](=O)[O-])cc2)CC[C@H]1c1ccc([N+](=O)[O-])cc1. The predicted octanol–water partition coefficient (Wildman–Crippen LogP) is 5.39. The van der Waals surface area contributed by atoms with Crippen LogP contribution in [-0.4, -0.2) is 16.5 Å². The highest BCUT2D eigenvalue weighted by atomic mass is 31.2. The second-order valence-electron chi connectivity index (χ2n) is 6.37. The number of hydrogen-bond acceptors (Lipinski definition) is 6. The van der Waals surface area contributed by atoms with E-state index in [2.05, 4.69) is 0 Å². The summed E-state index contributed by atoms with van der Waals surface area (Å²) < 4.78 is 19.6. The van der Waals surface area contributed by atoms with E-state index >= 15 is 0 Å². The van der Waals surface area contributed by atoms with Gasteiger partial charge in [0.05, 0.1) is 27.8 Å². The minimum absolute atomic E-state index is 0.0186. The molecule has 3 rings (SSSR count). The molecule has 0 aromatic heterocycles. The first kappa shape index (κ1) is 19.2. The van der Waals surface area contributed by atoms with Gasteiger partial charge in [-0.05, 0) is 30.9 Å². The van der Waals surface area contributed by atoms with Crippen LogP contribution >= 0.6 is 7.37 Å². The van der Waals surface area contributed by atoms with Gasteiger partial charge in [-0.1, -0.05) is 24.3 Å². The maximum Gasteiger partial charge on any atom is 0.269 e. The van der Waals surface area contributed by atoms with Crippen LogP contribution in [0.5, 0.6) is 0 Å². The summed E-state index contributed by atoms with van der Waals surface area (Å²) in [5.74, 6) is 0. The Morgan fingerprint density at radius 2 is 1.26 bits per heavy atom. The molecule has 1 aliphatic rings. The topological polar surface area (TPSA) is 113 Å². The minimum atomic E-state index is -3.15. The maximum absolute atomic E-state index is 13.8. The molecular weight excluding hydrogens is 371 g/mol. The molecule has 1 unspecified atom stereocenters. The normalized spacial score (nSPS) is 24.6. The molecule has 9 heteroatoms. The largest absolute Gasteiger partial charge is 0.328 e. The van der Waals surface area contributed by atoms with Gasteiger partial charge in [0.15, 0.2) is 0 Å². The lowest BCUT2D eigenvalue weighted by Gasteiger charge is -2.26. The molecule has 0 amide bonds. The Bertz CT molecular complexity index is 828. The second-order valence-corrected chi connectivity index (χ2v) is 9.16. The Labute approximate surface area is 155 Å². The third kappa shape index (κ3) is 3.63. The van der Waals surface area contributed by atoms with Crippen LogP contribution in [0, 0.1) is 20.2 Å². The van der Waals surface area contributed by atoms with Gasteiger partial charge in [0.2, 0.25) is 7.37 Å². The molecule has 2 aromatic carbocycles. The zero-order valence-electron chi connectivity index (χ0n) is 14.7. The van der Waals surface area contributed by atoms with Gasteiger partial charge < -0.3 is 4.52 Å². The standard InChI is InChI=1S/C18H19N2O6P/c1-2-26-27(25)17(13-3-7-15(8-4-13)19(21)22)11-12-18(27)14-5-9-16(10-6-14)20(23)24/h3-10,17-18H,2,11-12H2,1H3/t17-,18+,27?. The van der Waals surface area contributed by atoms with Crippen LogP contribution in [0.4, 0.5) is 11.4 Å². The first-order valence-electron chi connectivity index (χ1n) is 8.59. The quantitative estimate of drug-likeness (QED) is 0.371. The molecule has 2 aromatic rings. The van der Waals surface area contributed by atoms with E-state index in [1.807, 2.05) is 0 Å². The van der Waals surface area contributed by atoms with Crippen molar-refractivity contribution in [2.24, 2.45) is 0 Å². The molecule has 0 bridgehead atoms. The summed E-state index contributed by atoms with van der Waals surface area (Å²) in [5.41, 5.74) is 0.769. The lowest BCUT2D eigenvalue weighted by atomic mass is 10.0. The summed E-state index contributed by atoms with van der Waals surface area (Å²) in [6, 6.07) is 12.2. The van der Waals surface area contributed by atoms with Crippen molar-refractivity contribution in [2.75, 3.05) is 6.61 Å². The molecule has 0 N–H and O–H groups in total. The molecule has 0 radical (unpaired) electrons. The van der Waals surface area contributed by atoms with Crippen molar-refractivity contribution in [1.29, 1.82) is 0 Å². The molecular formula is C18H19N2O6P. The highest BCUT2D eigenvalue weighted by Gasteiger charge is 2.48. The van der Waals surface area contributed by atoms with E-state index in [0.717, 1.165) is 11.1 Å². The third-order valence-electron chi connectivity index (χ3n) is 4.89. The summed E-state index contributed by atoms with van der Waals surface area (Å²) in [5, 5.41) is 21.7. The maximum atomic E-state index is 13.8. The number of hydrogen-bond donors (Lipinski definition) is 0. The molecule has 0 aliphatic carbocycles. The molecule has 0 spiro atoms. The van der Waals surface area contributed by atoms with Crippen LogP contribution in [0.25, 0.3) is 0 Å². The fraction of sp³-hybridized carbons (Fsp3) is 0.333. The molecule has 0 saturated carbocycles. The zero-order valence-corrected chi connectivity index (χ0v) is 15.6. The Hall–Kier alpha value is -2.57. The van der Waals surface area contributed by atoms with Crippen molar-refractivity contribution in [3.05, 3.63) is 79.9 Å². The Morgan fingerprint density at radius 1 is 0.889 bits per heavy atom. The van der Waals surface area contributed by atoms with E-state index in [1.54, 1.807) is 31.2 Å². The van der Waals surface area contributed by atoms with E-state index in [0.29, 0.717) is 12.8 Å². The average molecular weight is 390 g/mol. The van der Waals surface area contributed by atoms with E-state index in [4.69, 9.17) is 4.52 Å². The molecule has 8 nitrogen and oxygen atoms in total. The highest BCUT2D eigenvalue weighted by Crippen LogP contribution is 2.76. The van der Waals surface area contributed by atoms with E-state index in [-0.39, 0.29) is 29.3 Å². The van der Waals surface area contributed by atoms with Gasteiger partial charge in [-0.15, -0.1) is 0 Å². The van der Waals surface area contributed by atoms with Gasteiger partial charge in [0, 0.05) is 24.3 Å². The first-order chi connectivity index (χ1) is 12.9. The van der Waals surface area contributed by atoms with Crippen LogP contribution in [0.3, 0.4) is 0 Å². The highest BCUT2D eigenvalue weighted by molar-refractivity contribution is 7.60. The molecule has 1 aliphatic heterocycles. The summed E-state index contributed by atoms with van der Waals surface area (Å²) in [7, 11) is -3.15. The fourth-order valence-electron chi connectivity index (χ4n) is 3.66. The number of nitro benzene ring substituents is 2. The first-order valence-corrected chi connectivity index (χ1v) is 10.4. The summed E-state index contributed by atoms with van der Waals surface area (Å²) >= 11 is 0. The molecule has 1 heterocycles. The van der Waals surface area contributed by atoms with Crippen molar-refractivity contribution < 1.29 is 18.9 Å². The third-order valence-corrected chi connectivity index (χ3v) is 8.40. The van der Waals surface area contributed by atoms with Crippen LogP contribution in [0.2, 0.25) is 0 Å². The van der Waals surface area contributed by atoms with Gasteiger partial charge in [0.25, 0.3) is 11.4 Å². The molecule has 3 atom stereocenters. The van der Waals surface area contributed by atoms with Crippen molar-refractivity contribution in [3.8, 4) is 0 Å². The van der Waals surface area contributed by atoms with Gasteiger partial charge in [0.1, 0.15) is 0 Å². The smallest absolute Gasteiger partial charge is 0.269 e.